The number of nitrogen functional groups attached to an aromatic ring is 1. The van der Waals surface area contributed by atoms with Crippen LogP contribution >= 0.6 is 0 Å². The molecule has 0 atom stereocenters. The second-order valence-corrected chi connectivity index (χ2v) is 8.33. The third-order valence-corrected chi connectivity index (χ3v) is 5.86. The number of hydrogen-bond donors (Lipinski definition) is 2. The SMILES string of the molecule is COc1ncc(-c2cc(C(F)(F)F)c3c(N)ncnn23)cc1C(=O)NCc1ccccc1Oc1ccccc1. The number of rotatable bonds is 7. The molecule has 0 unspecified atom stereocenters. The van der Waals surface area contributed by atoms with Gasteiger partial charge in [0.2, 0.25) is 5.88 Å². The molecule has 39 heavy (non-hydrogen) atoms. The molecule has 3 N–H and O–H groups in total. The molecule has 5 rings (SSSR count). The van der Waals surface area contributed by atoms with Crippen molar-refractivity contribution >= 4 is 17.2 Å². The van der Waals surface area contributed by atoms with Crippen LogP contribution in [0.3, 0.4) is 0 Å². The normalized spacial score (nSPS) is 11.4. The molecule has 5 aromatic rings. The lowest BCUT2D eigenvalue weighted by atomic mass is 10.1. The largest absolute Gasteiger partial charge is 0.480 e. The third kappa shape index (κ3) is 5.17. The molecule has 2 aromatic carbocycles. The molecule has 0 aliphatic rings. The maximum absolute atomic E-state index is 13.8. The molecule has 9 nitrogen and oxygen atoms in total. The molecule has 0 aliphatic carbocycles. The molecule has 0 fully saturated rings. The van der Waals surface area contributed by atoms with Crippen LogP contribution in [0, 0.1) is 0 Å². The van der Waals surface area contributed by atoms with E-state index in [4.69, 9.17) is 15.2 Å². The summed E-state index contributed by atoms with van der Waals surface area (Å²) in [5, 5.41) is 6.74. The Labute approximate surface area is 220 Å². The second kappa shape index (κ2) is 10.3. The highest BCUT2D eigenvalue weighted by Gasteiger charge is 2.36. The lowest BCUT2D eigenvalue weighted by Gasteiger charge is -2.13. The van der Waals surface area contributed by atoms with Gasteiger partial charge in [-0.1, -0.05) is 36.4 Å². The summed E-state index contributed by atoms with van der Waals surface area (Å²) >= 11 is 0. The Kier molecular flexibility index (Phi) is 6.75. The van der Waals surface area contributed by atoms with Crippen LogP contribution in [0.25, 0.3) is 16.8 Å². The number of amides is 1. The number of benzene rings is 2. The first-order chi connectivity index (χ1) is 18.8. The van der Waals surface area contributed by atoms with Crippen molar-refractivity contribution in [3.63, 3.8) is 0 Å². The van der Waals surface area contributed by atoms with E-state index < -0.39 is 23.2 Å². The van der Waals surface area contributed by atoms with Crippen LogP contribution in [-0.2, 0) is 12.7 Å². The van der Waals surface area contributed by atoms with Crippen LogP contribution in [-0.4, -0.2) is 32.6 Å². The van der Waals surface area contributed by atoms with Crippen molar-refractivity contribution in [1.82, 2.24) is 24.9 Å². The van der Waals surface area contributed by atoms with Gasteiger partial charge in [-0.05, 0) is 30.3 Å². The smallest absolute Gasteiger partial charge is 0.418 e. The van der Waals surface area contributed by atoms with Crippen LogP contribution in [0.4, 0.5) is 19.0 Å². The summed E-state index contributed by atoms with van der Waals surface area (Å²) in [5.41, 5.74) is 5.28. The minimum Gasteiger partial charge on any atom is -0.480 e. The van der Waals surface area contributed by atoms with E-state index in [1.54, 1.807) is 12.1 Å². The number of methoxy groups -OCH3 is 1. The van der Waals surface area contributed by atoms with Crippen molar-refractivity contribution in [3.05, 3.63) is 95.9 Å². The van der Waals surface area contributed by atoms with Crippen LogP contribution < -0.4 is 20.5 Å². The van der Waals surface area contributed by atoms with Crippen molar-refractivity contribution < 1.29 is 27.4 Å². The first-order valence-corrected chi connectivity index (χ1v) is 11.6. The molecule has 0 spiro atoms. The summed E-state index contributed by atoms with van der Waals surface area (Å²) < 4.78 is 53.5. The number of aromatic nitrogens is 4. The molecule has 1 amide bonds. The van der Waals surface area contributed by atoms with Crippen LogP contribution in [0.15, 0.2) is 79.3 Å². The number of nitrogens with zero attached hydrogens (tertiary/aromatic N) is 4. The number of halogens is 3. The first kappa shape index (κ1) is 25.5. The molecule has 3 heterocycles. The summed E-state index contributed by atoms with van der Waals surface area (Å²) in [4.78, 5) is 21.1. The number of fused-ring (bicyclic) bond motifs is 1. The summed E-state index contributed by atoms with van der Waals surface area (Å²) in [6.07, 6.45) is -2.37. The lowest BCUT2D eigenvalue weighted by Crippen LogP contribution is -2.24. The van der Waals surface area contributed by atoms with E-state index in [1.807, 2.05) is 42.5 Å². The lowest BCUT2D eigenvalue weighted by molar-refractivity contribution is -0.136. The topological polar surface area (TPSA) is 117 Å². The standard InChI is InChI=1S/C27H21F3N6O3/c1-38-26-19(25(37)32-13-16-7-5-6-10-22(16)39-18-8-3-2-4-9-18)11-17(14-33-26)21-12-20(27(28,29)30)23-24(31)34-15-35-36(21)23/h2-12,14-15H,13H2,1H3,(H,32,37)(H2,31,34,35). The van der Waals surface area contributed by atoms with Crippen LogP contribution in [0.2, 0.25) is 0 Å². The fourth-order valence-corrected chi connectivity index (χ4v) is 4.04. The number of pyridine rings is 1. The Morgan fingerprint density at radius 1 is 1.05 bits per heavy atom. The highest BCUT2D eigenvalue weighted by Crippen LogP contribution is 2.39. The molecule has 0 aliphatic heterocycles. The average Bonchev–Trinajstić information content (AvgIpc) is 3.34. The number of para-hydroxylation sites is 2. The Hall–Kier alpha value is -5.13. The third-order valence-electron chi connectivity index (χ3n) is 5.86. The summed E-state index contributed by atoms with van der Waals surface area (Å²) in [5.74, 6) is 0.300. The average molecular weight is 534 g/mol. The quantitative estimate of drug-likeness (QED) is 0.298. The number of hydrogen-bond acceptors (Lipinski definition) is 7. The van der Waals surface area contributed by atoms with E-state index >= 15 is 0 Å². The number of nitrogens with two attached hydrogens (primary N) is 1. The van der Waals surface area contributed by atoms with Crippen molar-refractivity contribution in [2.45, 2.75) is 12.7 Å². The highest BCUT2D eigenvalue weighted by atomic mass is 19.4. The van der Waals surface area contributed by atoms with Gasteiger partial charge in [0.1, 0.15) is 28.9 Å². The fraction of sp³-hybridized carbons (Fsp3) is 0.111. The first-order valence-electron chi connectivity index (χ1n) is 11.6. The zero-order chi connectivity index (χ0) is 27.6. The maximum Gasteiger partial charge on any atom is 0.418 e. The molecular weight excluding hydrogens is 513 g/mol. The molecule has 12 heteroatoms. The number of anilines is 1. The van der Waals surface area contributed by atoms with Crippen LogP contribution in [0.5, 0.6) is 17.4 Å². The monoisotopic (exact) mass is 534 g/mol. The van der Waals surface area contributed by atoms with Gasteiger partial charge in [-0.15, -0.1) is 0 Å². The Morgan fingerprint density at radius 2 is 1.79 bits per heavy atom. The number of nitrogens with one attached hydrogen (secondary N) is 1. The summed E-state index contributed by atoms with van der Waals surface area (Å²) in [7, 11) is 1.34. The number of ether oxygens (including phenoxy) is 2. The minimum atomic E-state index is -4.71. The van der Waals surface area contributed by atoms with Gasteiger partial charge in [-0.3, -0.25) is 4.79 Å². The Morgan fingerprint density at radius 3 is 2.54 bits per heavy atom. The van der Waals surface area contributed by atoms with Gasteiger partial charge in [0.05, 0.1) is 18.4 Å². The van der Waals surface area contributed by atoms with Crippen molar-refractivity contribution in [1.29, 1.82) is 0 Å². The van der Waals surface area contributed by atoms with Gasteiger partial charge in [-0.25, -0.2) is 14.5 Å². The fourth-order valence-electron chi connectivity index (χ4n) is 4.04. The molecule has 198 valence electrons. The summed E-state index contributed by atoms with van der Waals surface area (Å²) in [6, 6.07) is 18.7. The van der Waals surface area contributed by atoms with E-state index in [0.29, 0.717) is 17.1 Å². The number of carbonyl (C=O) groups is 1. The van der Waals surface area contributed by atoms with Crippen molar-refractivity contribution in [2.75, 3.05) is 12.8 Å². The van der Waals surface area contributed by atoms with Crippen molar-refractivity contribution in [3.8, 4) is 28.6 Å². The van der Waals surface area contributed by atoms with E-state index in [9.17, 15) is 18.0 Å². The highest BCUT2D eigenvalue weighted by molar-refractivity contribution is 5.97. The number of alkyl halides is 3. The Bertz CT molecular complexity index is 1650. The van der Waals surface area contributed by atoms with Gasteiger partial charge in [-0.2, -0.15) is 18.3 Å². The predicted molar refractivity (Wildman–Crippen MR) is 136 cm³/mol. The molecule has 0 bridgehead atoms. The van der Waals surface area contributed by atoms with E-state index in [1.165, 1.54) is 19.4 Å². The predicted octanol–water partition coefficient (Wildman–Crippen LogP) is 5.12. The molecular formula is C27H21F3N6O3. The molecule has 0 saturated heterocycles. The van der Waals surface area contributed by atoms with Gasteiger partial charge >= 0.3 is 6.18 Å². The van der Waals surface area contributed by atoms with E-state index in [2.05, 4.69) is 20.4 Å². The van der Waals surface area contributed by atoms with Gasteiger partial charge < -0.3 is 20.5 Å². The zero-order valence-corrected chi connectivity index (χ0v) is 20.4. The van der Waals surface area contributed by atoms with Gasteiger partial charge in [0, 0.05) is 23.9 Å². The second-order valence-electron chi connectivity index (χ2n) is 8.33. The molecule has 0 radical (unpaired) electrons. The Balaban J connectivity index is 1.46. The summed E-state index contributed by atoms with van der Waals surface area (Å²) in [6.45, 7) is 0.102. The van der Waals surface area contributed by atoms with E-state index in [0.717, 1.165) is 16.9 Å². The van der Waals surface area contributed by atoms with E-state index in [-0.39, 0.29) is 35.1 Å². The number of carbonyl (C=O) groups excluding carboxylic acids is 1. The van der Waals surface area contributed by atoms with Gasteiger partial charge in [0.25, 0.3) is 5.91 Å². The van der Waals surface area contributed by atoms with Crippen molar-refractivity contribution in [2.24, 2.45) is 0 Å². The molecule has 3 aromatic heterocycles. The maximum atomic E-state index is 13.8. The van der Waals surface area contributed by atoms with Crippen LogP contribution in [0.1, 0.15) is 21.5 Å². The zero-order valence-electron chi connectivity index (χ0n) is 20.4. The molecule has 0 saturated carbocycles. The van der Waals surface area contributed by atoms with Gasteiger partial charge in [0.15, 0.2) is 5.82 Å². The minimum absolute atomic E-state index is 0.00360.